The minimum absolute atomic E-state index is 0.300. The van der Waals surface area contributed by atoms with Crippen molar-refractivity contribution < 1.29 is 14.3 Å². The summed E-state index contributed by atoms with van der Waals surface area (Å²) in [5.74, 6) is -0.415. The van der Waals surface area contributed by atoms with Gasteiger partial charge in [-0.3, -0.25) is 15.6 Å². The van der Waals surface area contributed by atoms with Gasteiger partial charge in [0.1, 0.15) is 5.56 Å². The fourth-order valence-corrected chi connectivity index (χ4v) is 2.80. The Morgan fingerprint density at radius 3 is 2.34 bits per heavy atom. The smallest absolute Gasteiger partial charge is 0.341 e. The van der Waals surface area contributed by atoms with Crippen LogP contribution in [0.1, 0.15) is 44.7 Å². The number of aryl methyl sites for hydroxylation is 2. The molecule has 0 saturated heterocycles. The van der Waals surface area contributed by atoms with Crippen LogP contribution in [0.3, 0.4) is 0 Å². The van der Waals surface area contributed by atoms with Crippen molar-refractivity contribution in [1.29, 1.82) is 0 Å². The number of nitrogens with zero attached hydrogens (tertiary/aromatic N) is 4. The third-order valence-electron chi connectivity index (χ3n) is 4.15. The van der Waals surface area contributed by atoms with Gasteiger partial charge in [-0.15, -0.1) is 0 Å². The highest BCUT2D eigenvalue weighted by atomic mass is 16.5. The first-order valence-electron chi connectivity index (χ1n) is 9.10. The number of hydrogen-bond acceptors (Lipinski definition) is 7. The molecule has 2 heterocycles. The van der Waals surface area contributed by atoms with E-state index in [4.69, 9.17) is 4.74 Å². The first-order chi connectivity index (χ1) is 13.9. The summed E-state index contributed by atoms with van der Waals surface area (Å²) in [6.45, 7) is 7.54. The van der Waals surface area contributed by atoms with E-state index in [-0.39, 0.29) is 5.91 Å². The van der Waals surface area contributed by atoms with Crippen LogP contribution in [0.15, 0.2) is 36.5 Å². The molecule has 0 aliphatic carbocycles. The number of amides is 1. The summed E-state index contributed by atoms with van der Waals surface area (Å²) in [5.41, 5.74) is 9.13. The van der Waals surface area contributed by atoms with E-state index < -0.39 is 5.97 Å². The molecule has 3 aromatic rings. The fourth-order valence-electron chi connectivity index (χ4n) is 2.80. The highest BCUT2D eigenvalue weighted by Crippen LogP contribution is 2.16. The van der Waals surface area contributed by atoms with Crippen molar-refractivity contribution in [2.45, 2.75) is 27.7 Å². The van der Waals surface area contributed by atoms with Gasteiger partial charge in [0.2, 0.25) is 5.95 Å². The molecule has 29 heavy (non-hydrogen) atoms. The Labute approximate surface area is 168 Å². The summed E-state index contributed by atoms with van der Waals surface area (Å²) in [6.07, 6.45) is 1.47. The molecule has 1 amide bonds. The van der Waals surface area contributed by atoms with Crippen LogP contribution >= 0.6 is 0 Å². The molecular weight excluding hydrogens is 372 g/mol. The van der Waals surface area contributed by atoms with Crippen LogP contribution in [-0.4, -0.2) is 38.2 Å². The predicted molar refractivity (Wildman–Crippen MR) is 107 cm³/mol. The minimum atomic E-state index is -0.410. The van der Waals surface area contributed by atoms with E-state index in [1.54, 1.807) is 42.8 Å². The van der Waals surface area contributed by atoms with Crippen molar-refractivity contribution in [3.63, 3.8) is 0 Å². The van der Waals surface area contributed by atoms with Gasteiger partial charge in [0.15, 0.2) is 0 Å². The molecule has 0 bridgehead atoms. The topological polar surface area (TPSA) is 111 Å². The standard InChI is InChI=1S/C20H22N6O3/c1-5-29-19(28)17-11-21-26(14(17)4)16-8-6-15(7-9-16)18(27)24-25-20-22-12(2)10-13(3)23-20/h6-11H,5H2,1-4H3,(H,24,27)(H,22,23,25). The number of hydrazine groups is 1. The molecule has 9 heteroatoms. The molecule has 1 aromatic carbocycles. The SMILES string of the molecule is CCOC(=O)c1cnn(-c2ccc(C(=O)NNc3nc(C)cc(C)n3)cc2)c1C. The Hall–Kier alpha value is -3.75. The number of nitrogens with one attached hydrogen (secondary N) is 2. The Balaban J connectivity index is 1.70. The van der Waals surface area contributed by atoms with Crippen LogP contribution in [0, 0.1) is 20.8 Å². The van der Waals surface area contributed by atoms with Gasteiger partial charge in [-0.05, 0) is 58.0 Å². The molecule has 0 radical (unpaired) electrons. The summed E-state index contributed by atoms with van der Waals surface area (Å²) in [6, 6.07) is 8.67. The van der Waals surface area contributed by atoms with Gasteiger partial charge in [-0.25, -0.2) is 19.4 Å². The first kappa shape index (κ1) is 20.0. The van der Waals surface area contributed by atoms with Crippen LogP contribution in [0.4, 0.5) is 5.95 Å². The molecule has 0 spiro atoms. The average Bonchev–Trinajstić information content (AvgIpc) is 3.07. The highest BCUT2D eigenvalue weighted by Gasteiger charge is 2.16. The number of hydrogen-bond donors (Lipinski definition) is 2. The predicted octanol–water partition coefficient (Wildman–Crippen LogP) is 2.52. The van der Waals surface area contributed by atoms with Crippen LogP contribution in [0.5, 0.6) is 0 Å². The number of aromatic nitrogens is 4. The van der Waals surface area contributed by atoms with Gasteiger partial charge in [-0.2, -0.15) is 5.10 Å². The third kappa shape index (κ3) is 4.57. The second kappa shape index (κ2) is 8.51. The lowest BCUT2D eigenvalue weighted by Gasteiger charge is -2.09. The molecule has 150 valence electrons. The zero-order valence-corrected chi connectivity index (χ0v) is 16.7. The Bertz CT molecular complexity index is 1020. The number of esters is 1. The summed E-state index contributed by atoms with van der Waals surface area (Å²) in [7, 11) is 0. The summed E-state index contributed by atoms with van der Waals surface area (Å²) < 4.78 is 6.64. The summed E-state index contributed by atoms with van der Waals surface area (Å²) >= 11 is 0. The van der Waals surface area contributed by atoms with Gasteiger partial charge in [0.05, 0.1) is 24.2 Å². The Morgan fingerprint density at radius 2 is 1.72 bits per heavy atom. The molecule has 0 atom stereocenters. The number of rotatable bonds is 6. The van der Waals surface area contributed by atoms with Gasteiger partial charge in [-0.1, -0.05) is 0 Å². The van der Waals surface area contributed by atoms with E-state index in [2.05, 4.69) is 25.9 Å². The minimum Gasteiger partial charge on any atom is -0.462 e. The largest absolute Gasteiger partial charge is 0.462 e. The van der Waals surface area contributed by atoms with E-state index in [0.29, 0.717) is 29.4 Å². The maximum atomic E-state index is 12.4. The van der Waals surface area contributed by atoms with Crippen molar-refractivity contribution in [3.8, 4) is 5.69 Å². The molecule has 3 rings (SSSR count). The zero-order chi connectivity index (χ0) is 21.0. The van der Waals surface area contributed by atoms with E-state index in [1.165, 1.54) is 6.20 Å². The first-order valence-corrected chi connectivity index (χ1v) is 9.10. The molecule has 0 aliphatic heterocycles. The molecular formula is C20H22N6O3. The van der Waals surface area contributed by atoms with Crippen molar-refractivity contribution in [2.24, 2.45) is 0 Å². The number of carbonyl (C=O) groups excluding carboxylic acids is 2. The van der Waals surface area contributed by atoms with Crippen molar-refractivity contribution in [2.75, 3.05) is 12.0 Å². The normalized spacial score (nSPS) is 10.5. The lowest BCUT2D eigenvalue weighted by molar-refractivity contribution is 0.0525. The molecule has 0 fully saturated rings. The fraction of sp³-hybridized carbons (Fsp3) is 0.250. The average molecular weight is 394 g/mol. The molecule has 2 N–H and O–H groups in total. The molecule has 9 nitrogen and oxygen atoms in total. The van der Waals surface area contributed by atoms with E-state index in [0.717, 1.165) is 17.1 Å². The number of benzene rings is 1. The third-order valence-corrected chi connectivity index (χ3v) is 4.15. The van der Waals surface area contributed by atoms with Crippen LogP contribution in [0.2, 0.25) is 0 Å². The van der Waals surface area contributed by atoms with Gasteiger partial charge in [0.25, 0.3) is 5.91 Å². The second-order valence-electron chi connectivity index (χ2n) is 6.38. The molecule has 2 aromatic heterocycles. The van der Waals surface area contributed by atoms with Crippen LogP contribution in [-0.2, 0) is 4.74 Å². The lowest BCUT2D eigenvalue weighted by atomic mass is 10.2. The van der Waals surface area contributed by atoms with Crippen LogP contribution in [0.25, 0.3) is 5.69 Å². The van der Waals surface area contributed by atoms with E-state index >= 15 is 0 Å². The van der Waals surface area contributed by atoms with Crippen molar-refractivity contribution in [3.05, 3.63) is 64.7 Å². The van der Waals surface area contributed by atoms with Gasteiger partial charge in [0, 0.05) is 17.0 Å². The molecule has 0 saturated carbocycles. The molecule has 0 aliphatic rings. The monoisotopic (exact) mass is 394 g/mol. The van der Waals surface area contributed by atoms with Crippen LogP contribution < -0.4 is 10.9 Å². The van der Waals surface area contributed by atoms with Gasteiger partial charge >= 0.3 is 5.97 Å². The zero-order valence-electron chi connectivity index (χ0n) is 16.7. The number of carbonyl (C=O) groups is 2. The van der Waals surface area contributed by atoms with Gasteiger partial charge < -0.3 is 4.74 Å². The molecule has 0 unspecified atom stereocenters. The lowest BCUT2D eigenvalue weighted by Crippen LogP contribution is -2.30. The van der Waals surface area contributed by atoms with E-state index in [9.17, 15) is 9.59 Å². The second-order valence-corrected chi connectivity index (χ2v) is 6.38. The summed E-state index contributed by atoms with van der Waals surface area (Å²) in [5, 5.41) is 4.24. The Morgan fingerprint density at radius 1 is 1.07 bits per heavy atom. The maximum Gasteiger partial charge on any atom is 0.341 e. The van der Waals surface area contributed by atoms with Crippen molar-refractivity contribution >= 4 is 17.8 Å². The highest BCUT2D eigenvalue weighted by molar-refractivity contribution is 5.95. The van der Waals surface area contributed by atoms with E-state index in [1.807, 2.05) is 19.9 Å². The Kier molecular flexibility index (Phi) is 5.87. The van der Waals surface area contributed by atoms with Crippen molar-refractivity contribution in [1.82, 2.24) is 25.2 Å². The number of anilines is 1. The quantitative estimate of drug-likeness (QED) is 0.488. The summed E-state index contributed by atoms with van der Waals surface area (Å²) in [4.78, 5) is 32.7. The maximum absolute atomic E-state index is 12.4. The number of ether oxygens (including phenoxy) is 1.